The number of amides is 1. The van der Waals surface area contributed by atoms with Gasteiger partial charge in [0.05, 0.1) is 6.04 Å². The Hall–Kier alpha value is -1.65. The molecule has 3 unspecified atom stereocenters. The maximum atomic E-state index is 14.0. The summed E-state index contributed by atoms with van der Waals surface area (Å²) in [6, 6.07) is 3.86. The molecular weight excluding hydrogens is 493 g/mol. The van der Waals surface area contributed by atoms with Crippen molar-refractivity contribution >= 4 is 36.0 Å². The summed E-state index contributed by atoms with van der Waals surface area (Å²) in [7, 11) is 1.68. The molecule has 0 bridgehead atoms. The number of halogens is 3. The number of ether oxygens (including phenoxy) is 1. The van der Waals surface area contributed by atoms with Crippen molar-refractivity contribution in [2.24, 2.45) is 4.99 Å². The quantitative estimate of drug-likeness (QED) is 0.362. The van der Waals surface area contributed by atoms with Gasteiger partial charge in [0.1, 0.15) is 17.2 Å². The molecule has 0 radical (unpaired) electrons. The third-order valence-electron chi connectivity index (χ3n) is 4.90. The van der Waals surface area contributed by atoms with E-state index in [4.69, 9.17) is 4.74 Å². The number of hydrogen-bond donors (Lipinski definition) is 2. The number of guanidine groups is 1. The average Bonchev–Trinajstić information content (AvgIpc) is 3.17. The normalized spacial score (nSPS) is 24.0. The Morgan fingerprint density at radius 3 is 2.48 bits per heavy atom. The van der Waals surface area contributed by atoms with Crippen LogP contribution in [-0.2, 0) is 4.74 Å². The second-order valence-corrected chi connectivity index (χ2v) is 8.35. The molecule has 0 spiro atoms. The number of nitrogens with one attached hydrogen (secondary N) is 2. The average molecular weight is 522 g/mol. The minimum Gasteiger partial charge on any atom is -0.444 e. The number of carbonyl (C=O) groups is 1. The summed E-state index contributed by atoms with van der Waals surface area (Å²) >= 11 is 0. The number of rotatable bonds is 3. The van der Waals surface area contributed by atoms with Crippen LogP contribution in [0.1, 0.15) is 45.1 Å². The molecule has 1 aromatic rings. The maximum absolute atomic E-state index is 14.0. The number of hydrogen-bond acceptors (Lipinski definition) is 3. The first-order chi connectivity index (χ1) is 13.2. The van der Waals surface area contributed by atoms with E-state index >= 15 is 0 Å². The van der Waals surface area contributed by atoms with E-state index in [1.165, 1.54) is 18.2 Å². The van der Waals surface area contributed by atoms with E-state index < -0.39 is 23.3 Å². The molecule has 2 aliphatic rings. The van der Waals surface area contributed by atoms with Gasteiger partial charge >= 0.3 is 6.09 Å². The van der Waals surface area contributed by atoms with Crippen molar-refractivity contribution in [2.45, 2.75) is 57.2 Å². The van der Waals surface area contributed by atoms with Crippen molar-refractivity contribution in [1.82, 2.24) is 15.5 Å². The molecular formula is C20H29F2IN4O2. The molecule has 3 atom stereocenters. The van der Waals surface area contributed by atoms with Gasteiger partial charge in [-0.15, -0.1) is 24.0 Å². The van der Waals surface area contributed by atoms with Gasteiger partial charge < -0.3 is 20.3 Å². The number of benzene rings is 1. The summed E-state index contributed by atoms with van der Waals surface area (Å²) in [5.74, 6) is -0.534. The lowest BCUT2D eigenvalue weighted by molar-refractivity contribution is 0.0507. The fraction of sp³-hybridized carbons (Fsp3) is 0.600. The van der Waals surface area contributed by atoms with Crippen molar-refractivity contribution in [3.05, 3.63) is 35.4 Å². The Bertz CT molecular complexity index is 749. The predicted octanol–water partition coefficient (Wildman–Crippen LogP) is 3.61. The standard InChI is InChI=1S/C20H28F2N4O2.HI/c1-20(2,3)28-19(27)24-12-8-9-26(11-12)18(23-4)25-16-10-13(16)17-14(21)6-5-7-15(17)22;/h5-7,12-13,16H,8-11H2,1-4H3,(H,23,25)(H,24,27);1H. The van der Waals surface area contributed by atoms with Gasteiger partial charge in [0, 0.05) is 37.7 Å². The van der Waals surface area contributed by atoms with Crippen molar-refractivity contribution in [2.75, 3.05) is 20.1 Å². The lowest BCUT2D eigenvalue weighted by atomic mass is 10.1. The van der Waals surface area contributed by atoms with Crippen molar-refractivity contribution in [3.63, 3.8) is 0 Å². The van der Waals surface area contributed by atoms with Gasteiger partial charge in [-0.3, -0.25) is 4.99 Å². The van der Waals surface area contributed by atoms with E-state index in [-0.39, 0.29) is 47.5 Å². The van der Waals surface area contributed by atoms with Gasteiger partial charge in [-0.1, -0.05) is 6.07 Å². The van der Waals surface area contributed by atoms with E-state index in [0.717, 1.165) is 13.0 Å². The topological polar surface area (TPSA) is 66.0 Å². The van der Waals surface area contributed by atoms with Crippen LogP contribution < -0.4 is 10.6 Å². The second-order valence-electron chi connectivity index (χ2n) is 8.35. The van der Waals surface area contributed by atoms with Gasteiger partial charge in [-0.25, -0.2) is 13.6 Å². The Morgan fingerprint density at radius 1 is 1.24 bits per heavy atom. The molecule has 1 aliphatic heterocycles. The number of nitrogens with zero attached hydrogens (tertiary/aromatic N) is 2. The van der Waals surface area contributed by atoms with Crippen molar-refractivity contribution < 1.29 is 18.3 Å². The van der Waals surface area contributed by atoms with Crippen LogP contribution >= 0.6 is 24.0 Å². The Balaban J connectivity index is 0.00000300. The van der Waals surface area contributed by atoms with Crippen LogP contribution in [0.15, 0.2) is 23.2 Å². The molecule has 1 saturated carbocycles. The molecule has 1 heterocycles. The lowest BCUT2D eigenvalue weighted by Crippen LogP contribution is -2.45. The highest BCUT2D eigenvalue weighted by atomic mass is 127. The summed E-state index contributed by atoms with van der Waals surface area (Å²) in [4.78, 5) is 18.3. The highest BCUT2D eigenvalue weighted by molar-refractivity contribution is 14.0. The monoisotopic (exact) mass is 522 g/mol. The van der Waals surface area contributed by atoms with Crippen LogP contribution in [0.5, 0.6) is 0 Å². The molecule has 1 amide bonds. The van der Waals surface area contributed by atoms with E-state index in [1.807, 2.05) is 25.7 Å². The summed E-state index contributed by atoms with van der Waals surface area (Å²) in [5.41, 5.74) is -0.399. The molecule has 162 valence electrons. The van der Waals surface area contributed by atoms with Crippen LogP contribution in [0.25, 0.3) is 0 Å². The Labute approximate surface area is 187 Å². The molecule has 1 aliphatic carbocycles. The first-order valence-corrected chi connectivity index (χ1v) is 9.59. The van der Waals surface area contributed by atoms with Crippen LogP contribution in [-0.4, -0.2) is 54.8 Å². The zero-order valence-electron chi connectivity index (χ0n) is 17.2. The fourth-order valence-corrected chi connectivity index (χ4v) is 3.55. The van der Waals surface area contributed by atoms with Gasteiger partial charge in [-0.05, 0) is 45.7 Å². The SMILES string of the molecule is CN=C(NC1CC1c1c(F)cccc1F)N1CCC(NC(=O)OC(C)(C)C)C1.I. The molecule has 0 aromatic heterocycles. The first kappa shape index (κ1) is 23.6. The summed E-state index contributed by atoms with van der Waals surface area (Å²) in [6.07, 6.45) is 1.000. The number of alkyl carbamates (subject to hydrolysis) is 1. The van der Waals surface area contributed by atoms with Gasteiger partial charge in [-0.2, -0.15) is 0 Å². The van der Waals surface area contributed by atoms with Crippen LogP contribution in [0.2, 0.25) is 0 Å². The molecule has 29 heavy (non-hydrogen) atoms. The Morgan fingerprint density at radius 2 is 1.90 bits per heavy atom. The molecule has 2 N–H and O–H groups in total. The van der Waals surface area contributed by atoms with Gasteiger partial charge in [0.2, 0.25) is 0 Å². The van der Waals surface area contributed by atoms with E-state index in [9.17, 15) is 13.6 Å². The van der Waals surface area contributed by atoms with E-state index in [0.29, 0.717) is 18.9 Å². The smallest absolute Gasteiger partial charge is 0.407 e. The van der Waals surface area contributed by atoms with Gasteiger partial charge in [0.15, 0.2) is 5.96 Å². The summed E-state index contributed by atoms with van der Waals surface area (Å²) < 4.78 is 33.2. The summed E-state index contributed by atoms with van der Waals surface area (Å²) in [5, 5.41) is 6.17. The van der Waals surface area contributed by atoms with Crippen molar-refractivity contribution in [1.29, 1.82) is 0 Å². The fourth-order valence-electron chi connectivity index (χ4n) is 3.55. The maximum Gasteiger partial charge on any atom is 0.407 e. The van der Waals surface area contributed by atoms with E-state index in [1.54, 1.807) is 7.05 Å². The minimum atomic E-state index is -0.539. The lowest BCUT2D eigenvalue weighted by Gasteiger charge is -2.23. The molecule has 1 saturated heterocycles. The zero-order valence-corrected chi connectivity index (χ0v) is 19.5. The third kappa shape index (κ3) is 6.16. The Kier molecular flexibility index (Phi) is 7.69. The highest BCUT2D eigenvalue weighted by Gasteiger charge is 2.43. The zero-order chi connectivity index (χ0) is 20.5. The molecule has 2 fully saturated rings. The largest absolute Gasteiger partial charge is 0.444 e. The molecule has 9 heteroatoms. The number of aliphatic imine (C=N–C) groups is 1. The van der Waals surface area contributed by atoms with Crippen LogP contribution in [0.3, 0.4) is 0 Å². The molecule has 6 nitrogen and oxygen atoms in total. The highest BCUT2D eigenvalue weighted by Crippen LogP contribution is 2.43. The minimum absolute atomic E-state index is 0. The molecule has 1 aromatic carbocycles. The molecule has 3 rings (SSSR count). The predicted molar refractivity (Wildman–Crippen MR) is 119 cm³/mol. The van der Waals surface area contributed by atoms with Gasteiger partial charge in [0.25, 0.3) is 0 Å². The first-order valence-electron chi connectivity index (χ1n) is 9.59. The van der Waals surface area contributed by atoms with Crippen molar-refractivity contribution in [3.8, 4) is 0 Å². The second kappa shape index (κ2) is 9.44. The summed E-state index contributed by atoms with van der Waals surface area (Å²) in [6.45, 7) is 6.80. The van der Waals surface area contributed by atoms with Crippen LogP contribution in [0.4, 0.5) is 13.6 Å². The van der Waals surface area contributed by atoms with E-state index in [2.05, 4.69) is 15.6 Å². The number of carbonyl (C=O) groups excluding carboxylic acids is 1. The number of likely N-dealkylation sites (tertiary alicyclic amines) is 1. The van der Waals surface area contributed by atoms with Crippen LogP contribution in [0, 0.1) is 11.6 Å². The third-order valence-corrected chi connectivity index (χ3v) is 4.90.